The number of aryl methyl sites for hydroxylation is 1. The van der Waals surface area contributed by atoms with Crippen molar-refractivity contribution in [2.75, 3.05) is 5.32 Å². The molecule has 0 bridgehead atoms. The number of aromatic nitrogens is 3. The maximum Gasteiger partial charge on any atom is 0.130 e. The zero-order valence-electron chi connectivity index (χ0n) is 11.1. The lowest BCUT2D eigenvalue weighted by atomic mass is 10.1. The number of rotatable bonds is 4. The Kier molecular flexibility index (Phi) is 3.91. The first-order chi connectivity index (χ1) is 8.56. The van der Waals surface area contributed by atoms with Gasteiger partial charge in [0.2, 0.25) is 0 Å². The highest BCUT2D eigenvalue weighted by Crippen LogP contribution is 2.22. The molecular weight excluding hydrogens is 244 g/mol. The summed E-state index contributed by atoms with van der Waals surface area (Å²) in [5, 5.41) is 6.51. The van der Waals surface area contributed by atoms with Crippen LogP contribution in [-0.4, -0.2) is 15.0 Å². The smallest absolute Gasteiger partial charge is 0.130 e. The number of hydrogen-bond donors (Lipinski definition) is 1. The summed E-state index contributed by atoms with van der Waals surface area (Å²) in [5.74, 6) is 1.26. The third-order valence-electron chi connectivity index (χ3n) is 2.65. The predicted molar refractivity (Wildman–Crippen MR) is 75.0 cm³/mol. The highest BCUT2D eigenvalue weighted by atomic mass is 32.1. The highest BCUT2D eigenvalue weighted by Gasteiger charge is 2.10. The van der Waals surface area contributed by atoms with Gasteiger partial charge in [0, 0.05) is 22.8 Å². The van der Waals surface area contributed by atoms with Crippen LogP contribution in [0.1, 0.15) is 49.1 Å². The minimum absolute atomic E-state index is 0.165. The molecule has 0 aromatic carbocycles. The molecule has 2 heterocycles. The van der Waals surface area contributed by atoms with Crippen molar-refractivity contribution in [3.05, 3.63) is 34.2 Å². The molecule has 2 rings (SSSR count). The summed E-state index contributed by atoms with van der Waals surface area (Å²) in [4.78, 5) is 13.0. The average molecular weight is 262 g/mol. The second kappa shape index (κ2) is 5.44. The monoisotopic (exact) mass is 262 g/mol. The fraction of sp³-hybridized carbons (Fsp3) is 0.462. The van der Waals surface area contributed by atoms with Gasteiger partial charge in [0.25, 0.3) is 0 Å². The van der Waals surface area contributed by atoms with Crippen molar-refractivity contribution in [3.63, 3.8) is 0 Å². The second-order valence-electron chi connectivity index (χ2n) is 4.68. The largest absolute Gasteiger partial charge is 0.361 e. The third kappa shape index (κ3) is 3.04. The molecule has 5 heteroatoms. The van der Waals surface area contributed by atoms with Crippen LogP contribution in [0.5, 0.6) is 0 Å². The van der Waals surface area contributed by atoms with Gasteiger partial charge in [0.15, 0.2) is 0 Å². The Morgan fingerprint density at radius 2 is 2.00 bits per heavy atom. The van der Waals surface area contributed by atoms with E-state index in [2.05, 4.69) is 46.4 Å². The minimum Gasteiger partial charge on any atom is -0.361 e. The molecule has 1 unspecified atom stereocenters. The topological polar surface area (TPSA) is 50.7 Å². The quantitative estimate of drug-likeness (QED) is 0.915. The molecule has 0 aliphatic rings. The van der Waals surface area contributed by atoms with Gasteiger partial charge in [-0.1, -0.05) is 13.8 Å². The van der Waals surface area contributed by atoms with Crippen LogP contribution in [0.15, 0.2) is 17.8 Å². The normalized spacial score (nSPS) is 12.7. The molecule has 2 aromatic heterocycles. The summed E-state index contributed by atoms with van der Waals surface area (Å²) in [6.45, 7) is 8.35. The van der Waals surface area contributed by atoms with Gasteiger partial charge >= 0.3 is 0 Å². The van der Waals surface area contributed by atoms with Crippen molar-refractivity contribution in [1.29, 1.82) is 0 Å². The van der Waals surface area contributed by atoms with E-state index in [-0.39, 0.29) is 6.04 Å². The van der Waals surface area contributed by atoms with Crippen LogP contribution in [-0.2, 0) is 0 Å². The number of nitrogens with zero attached hydrogens (tertiary/aromatic N) is 3. The molecule has 1 N–H and O–H groups in total. The molecule has 0 fully saturated rings. The predicted octanol–water partition coefficient (Wildman–Crippen LogP) is 3.54. The molecule has 0 saturated carbocycles. The summed E-state index contributed by atoms with van der Waals surface area (Å²) in [6, 6.07) is 2.17. The lowest BCUT2D eigenvalue weighted by Gasteiger charge is -2.13. The fourth-order valence-electron chi connectivity index (χ4n) is 1.62. The molecule has 96 valence electrons. The van der Waals surface area contributed by atoms with E-state index < -0.39 is 0 Å². The zero-order chi connectivity index (χ0) is 13.1. The fourth-order valence-corrected chi connectivity index (χ4v) is 2.43. The van der Waals surface area contributed by atoms with Crippen LogP contribution >= 0.6 is 11.3 Å². The van der Waals surface area contributed by atoms with Crippen molar-refractivity contribution in [3.8, 4) is 0 Å². The van der Waals surface area contributed by atoms with Crippen molar-refractivity contribution in [2.24, 2.45) is 0 Å². The SMILES string of the molecule is Cc1csc(C(C)Nc2cc(C(C)C)ncn2)n1. The van der Waals surface area contributed by atoms with Gasteiger partial charge in [0.05, 0.1) is 6.04 Å². The molecule has 0 saturated heterocycles. The molecule has 4 nitrogen and oxygen atoms in total. The molecular formula is C13H18N4S. The molecule has 1 atom stereocenters. The molecule has 2 aromatic rings. The maximum atomic E-state index is 4.48. The van der Waals surface area contributed by atoms with Crippen molar-refractivity contribution >= 4 is 17.2 Å². The van der Waals surface area contributed by atoms with E-state index >= 15 is 0 Å². The van der Waals surface area contributed by atoms with Gasteiger partial charge < -0.3 is 5.32 Å². The molecule has 0 amide bonds. The summed E-state index contributed by atoms with van der Waals surface area (Å²) < 4.78 is 0. The number of thiazole rings is 1. The van der Waals surface area contributed by atoms with Crippen LogP contribution in [0.25, 0.3) is 0 Å². The van der Waals surface area contributed by atoms with Gasteiger partial charge in [-0.05, 0) is 19.8 Å². The molecule has 18 heavy (non-hydrogen) atoms. The van der Waals surface area contributed by atoms with Crippen LogP contribution in [0, 0.1) is 6.92 Å². The van der Waals surface area contributed by atoms with Crippen LogP contribution in [0.2, 0.25) is 0 Å². The number of nitrogens with one attached hydrogen (secondary N) is 1. The summed E-state index contributed by atoms with van der Waals surface area (Å²) in [7, 11) is 0. The highest BCUT2D eigenvalue weighted by molar-refractivity contribution is 7.09. The number of anilines is 1. The Balaban J connectivity index is 2.11. The number of hydrogen-bond acceptors (Lipinski definition) is 5. The Morgan fingerprint density at radius 1 is 1.22 bits per heavy atom. The van der Waals surface area contributed by atoms with Crippen LogP contribution in [0.4, 0.5) is 5.82 Å². The molecule has 0 aliphatic heterocycles. The van der Waals surface area contributed by atoms with E-state index in [4.69, 9.17) is 0 Å². The first-order valence-electron chi connectivity index (χ1n) is 6.06. The second-order valence-corrected chi connectivity index (χ2v) is 5.57. The molecule has 0 spiro atoms. The van der Waals surface area contributed by atoms with Crippen LogP contribution < -0.4 is 5.32 Å². The first kappa shape index (κ1) is 13.0. The summed E-state index contributed by atoms with van der Waals surface area (Å²) in [6.07, 6.45) is 1.61. The Morgan fingerprint density at radius 3 is 2.61 bits per heavy atom. The van der Waals surface area contributed by atoms with E-state index in [0.717, 1.165) is 22.2 Å². The summed E-state index contributed by atoms with van der Waals surface area (Å²) in [5.41, 5.74) is 2.12. The summed E-state index contributed by atoms with van der Waals surface area (Å²) >= 11 is 1.67. The van der Waals surface area contributed by atoms with Gasteiger partial charge in [-0.3, -0.25) is 0 Å². The zero-order valence-corrected chi connectivity index (χ0v) is 12.0. The Labute approximate surface area is 112 Å². The minimum atomic E-state index is 0.165. The van der Waals surface area contributed by atoms with Gasteiger partial charge in [-0.2, -0.15) is 0 Å². The van der Waals surface area contributed by atoms with E-state index in [1.807, 2.05) is 13.0 Å². The average Bonchev–Trinajstić information content (AvgIpc) is 2.76. The van der Waals surface area contributed by atoms with E-state index in [0.29, 0.717) is 5.92 Å². The van der Waals surface area contributed by atoms with Gasteiger partial charge in [0.1, 0.15) is 17.2 Å². The van der Waals surface area contributed by atoms with Gasteiger partial charge in [-0.15, -0.1) is 11.3 Å². The van der Waals surface area contributed by atoms with Crippen molar-refractivity contribution in [1.82, 2.24) is 15.0 Å². The van der Waals surface area contributed by atoms with Crippen molar-refractivity contribution < 1.29 is 0 Å². The molecule has 0 radical (unpaired) electrons. The van der Waals surface area contributed by atoms with E-state index in [1.165, 1.54) is 0 Å². The first-order valence-corrected chi connectivity index (χ1v) is 6.94. The van der Waals surface area contributed by atoms with Crippen LogP contribution in [0.3, 0.4) is 0 Å². The van der Waals surface area contributed by atoms with E-state index in [9.17, 15) is 0 Å². The lowest BCUT2D eigenvalue weighted by molar-refractivity contribution is 0.805. The standard InChI is InChI=1S/C13H18N4S/c1-8(2)11-5-12(15-7-14-11)17-10(4)13-16-9(3)6-18-13/h5-8,10H,1-4H3,(H,14,15,17). The maximum absolute atomic E-state index is 4.48. The third-order valence-corrected chi connectivity index (χ3v) is 3.80. The molecule has 0 aliphatic carbocycles. The van der Waals surface area contributed by atoms with Gasteiger partial charge in [-0.25, -0.2) is 15.0 Å². The Hall–Kier alpha value is -1.49. The van der Waals surface area contributed by atoms with E-state index in [1.54, 1.807) is 17.7 Å². The van der Waals surface area contributed by atoms with Crippen molar-refractivity contribution in [2.45, 2.75) is 39.7 Å². The Bertz CT molecular complexity index is 521. The lowest BCUT2D eigenvalue weighted by Crippen LogP contribution is -2.08.